The Morgan fingerprint density at radius 2 is 2.31 bits per heavy atom. The highest BCUT2D eigenvalue weighted by Gasteiger charge is 2.30. The van der Waals surface area contributed by atoms with Crippen molar-refractivity contribution >= 4 is 5.91 Å². The first-order valence-corrected chi connectivity index (χ1v) is 6.25. The topological polar surface area (TPSA) is 41.6 Å². The van der Waals surface area contributed by atoms with Crippen LogP contribution in [-0.2, 0) is 9.53 Å². The number of nitrogens with one attached hydrogen (secondary N) is 1. The van der Waals surface area contributed by atoms with Gasteiger partial charge in [-0.3, -0.25) is 10.1 Å². The molecule has 1 fully saturated rings. The van der Waals surface area contributed by atoms with Gasteiger partial charge >= 0.3 is 0 Å². The van der Waals surface area contributed by atoms with Crippen molar-refractivity contribution in [2.75, 3.05) is 26.4 Å². The van der Waals surface area contributed by atoms with Gasteiger partial charge in [-0.1, -0.05) is 13.8 Å². The van der Waals surface area contributed by atoms with Gasteiger partial charge in [-0.15, -0.1) is 0 Å². The summed E-state index contributed by atoms with van der Waals surface area (Å²) in [4.78, 5) is 13.8. The molecule has 0 bridgehead atoms. The molecule has 16 heavy (non-hydrogen) atoms. The zero-order valence-corrected chi connectivity index (χ0v) is 10.7. The smallest absolute Gasteiger partial charge is 0.240 e. The minimum Gasteiger partial charge on any atom is -0.382 e. The predicted molar refractivity (Wildman–Crippen MR) is 64.1 cm³/mol. The van der Waals surface area contributed by atoms with Crippen molar-refractivity contribution in [3.05, 3.63) is 0 Å². The Labute approximate surface area is 98.3 Å². The van der Waals surface area contributed by atoms with Gasteiger partial charge in [-0.25, -0.2) is 0 Å². The predicted octanol–water partition coefficient (Wildman–Crippen LogP) is 1.22. The van der Waals surface area contributed by atoms with Gasteiger partial charge < -0.3 is 9.64 Å². The number of hydrogen-bond donors (Lipinski definition) is 1. The van der Waals surface area contributed by atoms with Gasteiger partial charge in [0.05, 0.1) is 12.7 Å². The summed E-state index contributed by atoms with van der Waals surface area (Å²) in [5.74, 6) is 0.815. The van der Waals surface area contributed by atoms with E-state index in [0.717, 1.165) is 32.6 Å². The summed E-state index contributed by atoms with van der Waals surface area (Å²) in [6.45, 7) is 9.28. The molecule has 0 aliphatic carbocycles. The van der Waals surface area contributed by atoms with Gasteiger partial charge in [0.2, 0.25) is 5.91 Å². The largest absolute Gasteiger partial charge is 0.382 e. The summed E-state index contributed by atoms with van der Waals surface area (Å²) in [7, 11) is 0. The number of amides is 1. The molecule has 1 unspecified atom stereocenters. The van der Waals surface area contributed by atoms with Crippen molar-refractivity contribution in [3.8, 4) is 0 Å². The van der Waals surface area contributed by atoms with Gasteiger partial charge in [-0.2, -0.15) is 0 Å². The third-order valence-corrected chi connectivity index (χ3v) is 2.77. The minimum atomic E-state index is 0.0343. The van der Waals surface area contributed by atoms with E-state index in [4.69, 9.17) is 4.74 Å². The van der Waals surface area contributed by atoms with Crippen LogP contribution in [0.1, 0.15) is 33.6 Å². The van der Waals surface area contributed by atoms with Crippen molar-refractivity contribution in [2.24, 2.45) is 5.92 Å². The van der Waals surface area contributed by atoms with Gasteiger partial charge in [0.15, 0.2) is 0 Å². The Hall–Kier alpha value is -0.610. The maximum absolute atomic E-state index is 11.9. The van der Waals surface area contributed by atoms with Crippen LogP contribution in [0.3, 0.4) is 0 Å². The Morgan fingerprint density at radius 3 is 2.94 bits per heavy atom. The molecular weight excluding hydrogens is 204 g/mol. The lowest BCUT2D eigenvalue weighted by atomic mass is 10.0. The first-order valence-electron chi connectivity index (χ1n) is 6.25. The fraction of sp³-hybridized carbons (Fsp3) is 0.917. The van der Waals surface area contributed by atoms with Crippen molar-refractivity contribution in [3.63, 3.8) is 0 Å². The molecule has 1 rings (SSSR count). The SMILES string of the molecule is CCOCCCN1CNC(CC(C)C)C1=O. The number of carbonyl (C=O) groups excluding carboxylic acids is 1. The summed E-state index contributed by atoms with van der Waals surface area (Å²) in [5, 5.41) is 3.26. The van der Waals surface area contributed by atoms with Crippen LogP contribution in [0.25, 0.3) is 0 Å². The summed E-state index contributed by atoms with van der Waals surface area (Å²) in [5.41, 5.74) is 0. The molecule has 0 spiro atoms. The van der Waals surface area contributed by atoms with E-state index in [9.17, 15) is 4.79 Å². The molecule has 4 nitrogen and oxygen atoms in total. The Bertz CT molecular complexity index is 219. The van der Waals surface area contributed by atoms with Crippen LogP contribution in [0.2, 0.25) is 0 Å². The normalized spacial score (nSPS) is 21.1. The fourth-order valence-corrected chi connectivity index (χ4v) is 1.95. The summed E-state index contributed by atoms with van der Waals surface area (Å²) >= 11 is 0. The third kappa shape index (κ3) is 4.10. The maximum Gasteiger partial charge on any atom is 0.240 e. The minimum absolute atomic E-state index is 0.0343. The molecule has 0 aromatic carbocycles. The van der Waals surface area contributed by atoms with E-state index in [1.807, 2.05) is 11.8 Å². The number of hydrogen-bond acceptors (Lipinski definition) is 3. The second-order valence-corrected chi connectivity index (χ2v) is 4.70. The van der Waals surface area contributed by atoms with Crippen molar-refractivity contribution < 1.29 is 9.53 Å². The number of ether oxygens (including phenoxy) is 1. The van der Waals surface area contributed by atoms with Crippen molar-refractivity contribution in [2.45, 2.75) is 39.7 Å². The standard InChI is InChI=1S/C12H24N2O2/c1-4-16-7-5-6-14-9-13-11(12(14)15)8-10(2)3/h10-11,13H,4-9H2,1-3H3. The van der Waals surface area contributed by atoms with E-state index in [1.54, 1.807) is 0 Å². The van der Waals surface area contributed by atoms with Crippen LogP contribution in [0.5, 0.6) is 0 Å². The van der Waals surface area contributed by atoms with Gasteiger partial charge in [-0.05, 0) is 25.7 Å². The number of nitrogens with zero attached hydrogens (tertiary/aromatic N) is 1. The van der Waals surface area contributed by atoms with Crippen LogP contribution >= 0.6 is 0 Å². The van der Waals surface area contributed by atoms with E-state index >= 15 is 0 Å². The number of carbonyl (C=O) groups is 1. The lowest BCUT2D eigenvalue weighted by Crippen LogP contribution is -2.32. The molecule has 0 aromatic heterocycles. The lowest BCUT2D eigenvalue weighted by molar-refractivity contribution is -0.129. The molecule has 94 valence electrons. The highest BCUT2D eigenvalue weighted by molar-refractivity contribution is 5.83. The summed E-state index contributed by atoms with van der Waals surface area (Å²) in [6.07, 6.45) is 1.86. The molecule has 0 radical (unpaired) electrons. The second kappa shape index (κ2) is 6.86. The van der Waals surface area contributed by atoms with Gasteiger partial charge in [0.25, 0.3) is 0 Å². The van der Waals surface area contributed by atoms with E-state index in [2.05, 4.69) is 19.2 Å². The average molecular weight is 228 g/mol. The molecule has 0 saturated carbocycles. The monoisotopic (exact) mass is 228 g/mol. The molecular formula is C12H24N2O2. The van der Waals surface area contributed by atoms with Crippen molar-refractivity contribution in [1.29, 1.82) is 0 Å². The molecule has 1 aliphatic rings. The van der Waals surface area contributed by atoms with E-state index in [-0.39, 0.29) is 11.9 Å². The maximum atomic E-state index is 11.9. The zero-order chi connectivity index (χ0) is 12.0. The first kappa shape index (κ1) is 13.5. The molecule has 0 aromatic rings. The van der Waals surface area contributed by atoms with Crippen LogP contribution in [0, 0.1) is 5.92 Å². The van der Waals surface area contributed by atoms with Crippen LogP contribution in [0.4, 0.5) is 0 Å². The summed E-state index contributed by atoms with van der Waals surface area (Å²) < 4.78 is 5.26. The first-order chi connectivity index (χ1) is 7.65. The van der Waals surface area contributed by atoms with Crippen LogP contribution < -0.4 is 5.32 Å². The average Bonchev–Trinajstić information content (AvgIpc) is 2.56. The summed E-state index contributed by atoms with van der Waals surface area (Å²) in [6, 6.07) is 0.0343. The van der Waals surface area contributed by atoms with Crippen LogP contribution in [0.15, 0.2) is 0 Å². The Kier molecular flexibility index (Phi) is 5.77. The van der Waals surface area contributed by atoms with Gasteiger partial charge in [0.1, 0.15) is 0 Å². The molecule has 1 heterocycles. The molecule has 4 heteroatoms. The van der Waals surface area contributed by atoms with E-state index in [1.165, 1.54) is 0 Å². The van der Waals surface area contributed by atoms with Crippen molar-refractivity contribution in [1.82, 2.24) is 10.2 Å². The highest BCUT2D eigenvalue weighted by Crippen LogP contribution is 2.12. The molecule has 1 amide bonds. The quantitative estimate of drug-likeness (QED) is 0.666. The van der Waals surface area contributed by atoms with Gasteiger partial charge in [0, 0.05) is 19.8 Å². The Morgan fingerprint density at radius 1 is 1.56 bits per heavy atom. The zero-order valence-electron chi connectivity index (χ0n) is 10.7. The lowest BCUT2D eigenvalue weighted by Gasteiger charge is -2.15. The third-order valence-electron chi connectivity index (χ3n) is 2.77. The number of rotatable bonds is 7. The second-order valence-electron chi connectivity index (χ2n) is 4.70. The molecule has 1 atom stereocenters. The highest BCUT2D eigenvalue weighted by atomic mass is 16.5. The van der Waals surface area contributed by atoms with Crippen LogP contribution in [-0.4, -0.2) is 43.3 Å². The molecule has 1 saturated heterocycles. The molecule has 1 aliphatic heterocycles. The fourth-order valence-electron chi connectivity index (χ4n) is 1.95. The van der Waals surface area contributed by atoms with E-state index in [0.29, 0.717) is 12.6 Å². The molecule has 1 N–H and O–H groups in total. The Balaban J connectivity index is 2.22. The van der Waals surface area contributed by atoms with E-state index < -0.39 is 0 Å².